The Morgan fingerprint density at radius 3 is 2.86 bits per heavy atom. The first kappa shape index (κ1) is 16.7. The highest BCUT2D eigenvalue weighted by Crippen LogP contribution is 2.24. The van der Waals surface area contributed by atoms with Crippen molar-refractivity contribution in [1.82, 2.24) is 4.98 Å². The lowest BCUT2D eigenvalue weighted by molar-refractivity contribution is 0.108. The Labute approximate surface area is 136 Å². The van der Waals surface area contributed by atoms with Crippen molar-refractivity contribution < 1.29 is 9.84 Å². The number of aliphatic hydroxyl groups is 1. The molecule has 3 nitrogen and oxygen atoms in total. The second-order valence-corrected chi connectivity index (χ2v) is 5.32. The monoisotopic (exact) mass is 317 g/mol. The molecule has 4 heteroatoms. The summed E-state index contributed by atoms with van der Waals surface area (Å²) in [5.74, 6) is 0.449. The maximum absolute atomic E-state index is 8.72. The molecule has 22 heavy (non-hydrogen) atoms. The summed E-state index contributed by atoms with van der Waals surface area (Å²) < 4.78 is 5.32. The Hall–Kier alpha value is -1.68. The van der Waals surface area contributed by atoms with Crippen LogP contribution in [0.4, 0.5) is 0 Å². The van der Waals surface area contributed by atoms with Crippen LogP contribution in [0.3, 0.4) is 0 Å². The van der Waals surface area contributed by atoms with Crippen LogP contribution in [0.1, 0.15) is 18.1 Å². The molecule has 116 valence electrons. The Morgan fingerprint density at radius 2 is 2.18 bits per heavy atom. The number of hydrogen-bond donors (Lipinski definition) is 1. The molecule has 0 radical (unpaired) electrons. The number of nitrogens with zero attached hydrogens (tertiary/aromatic N) is 1. The van der Waals surface area contributed by atoms with Gasteiger partial charge in [0.05, 0.1) is 19.8 Å². The van der Waals surface area contributed by atoms with E-state index in [1.165, 1.54) is 0 Å². The predicted octanol–water partition coefficient (Wildman–Crippen LogP) is 3.90. The van der Waals surface area contributed by atoms with Gasteiger partial charge in [-0.1, -0.05) is 24.3 Å². The van der Waals surface area contributed by atoms with Crippen LogP contribution in [-0.2, 0) is 10.6 Å². The van der Waals surface area contributed by atoms with E-state index < -0.39 is 0 Å². The van der Waals surface area contributed by atoms with Gasteiger partial charge in [0.1, 0.15) is 0 Å². The summed E-state index contributed by atoms with van der Waals surface area (Å²) in [6.45, 7) is 2.91. The molecule has 1 aromatic heterocycles. The first-order valence-electron chi connectivity index (χ1n) is 7.19. The smallest absolute Gasteiger partial charge is 0.0702 e. The molecule has 0 fully saturated rings. The third-order valence-corrected chi connectivity index (χ3v) is 3.54. The predicted molar refractivity (Wildman–Crippen MR) is 90.8 cm³/mol. The van der Waals surface area contributed by atoms with Gasteiger partial charge in [-0.2, -0.15) is 0 Å². The van der Waals surface area contributed by atoms with Crippen LogP contribution in [0.5, 0.6) is 0 Å². The van der Waals surface area contributed by atoms with E-state index >= 15 is 0 Å². The number of ether oxygens (including phenoxy) is 1. The minimum atomic E-state index is 0.0417. The van der Waals surface area contributed by atoms with Gasteiger partial charge in [0.25, 0.3) is 0 Å². The van der Waals surface area contributed by atoms with Gasteiger partial charge in [0.15, 0.2) is 0 Å². The number of aromatic nitrogens is 1. The summed E-state index contributed by atoms with van der Waals surface area (Å²) >= 11 is 6.09. The highest BCUT2D eigenvalue weighted by Gasteiger charge is 2.04. The van der Waals surface area contributed by atoms with Gasteiger partial charge in [0.2, 0.25) is 0 Å². The van der Waals surface area contributed by atoms with Gasteiger partial charge in [-0.05, 0) is 46.9 Å². The summed E-state index contributed by atoms with van der Waals surface area (Å²) in [5, 5.41) is 8.72. The third-order valence-electron chi connectivity index (χ3n) is 3.25. The minimum Gasteiger partial charge on any atom is -0.394 e. The number of alkyl halides is 1. The van der Waals surface area contributed by atoms with E-state index in [2.05, 4.69) is 29.3 Å². The number of rotatable bonds is 7. The second kappa shape index (κ2) is 8.69. The van der Waals surface area contributed by atoms with Gasteiger partial charge in [-0.3, -0.25) is 4.98 Å². The standard InChI is InChI=1S/C18H20ClNO2/c1-14(13-22-8-7-21)9-15-4-5-16(10-18(15)11-19)17-3-2-6-20-12-17/h2-6,9-10,12,21H,7-8,11,13H2,1H3/b14-9+. The topological polar surface area (TPSA) is 42.4 Å². The molecule has 0 aliphatic rings. The second-order valence-electron chi connectivity index (χ2n) is 5.06. The van der Waals surface area contributed by atoms with Crippen molar-refractivity contribution in [2.24, 2.45) is 0 Å². The van der Waals surface area contributed by atoms with E-state index in [1.54, 1.807) is 6.20 Å². The van der Waals surface area contributed by atoms with Crippen molar-refractivity contribution in [2.75, 3.05) is 19.8 Å². The lowest BCUT2D eigenvalue weighted by Crippen LogP contribution is -2.01. The number of pyridine rings is 1. The molecule has 0 bridgehead atoms. The maximum atomic E-state index is 8.72. The molecular formula is C18H20ClNO2. The largest absolute Gasteiger partial charge is 0.394 e. The average molecular weight is 318 g/mol. The molecule has 2 rings (SSSR count). The van der Waals surface area contributed by atoms with Gasteiger partial charge in [-0.15, -0.1) is 11.6 Å². The molecule has 1 heterocycles. The molecule has 0 saturated heterocycles. The lowest BCUT2D eigenvalue weighted by Gasteiger charge is -2.09. The normalized spacial score (nSPS) is 11.7. The van der Waals surface area contributed by atoms with Crippen LogP contribution in [-0.4, -0.2) is 29.9 Å². The first-order valence-corrected chi connectivity index (χ1v) is 7.73. The zero-order valence-electron chi connectivity index (χ0n) is 12.6. The maximum Gasteiger partial charge on any atom is 0.0702 e. The van der Waals surface area contributed by atoms with Crippen LogP contribution in [0, 0.1) is 0 Å². The molecule has 1 N–H and O–H groups in total. The summed E-state index contributed by atoms with van der Waals surface area (Å²) in [5.41, 5.74) is 5.44. The van der Waals surface area contributed by atoms with Crippen molar-refractivity contribution in [3.63, 3.8) is 0 Å². The van der Waals surface area contributed by atoms with Crippen molar-refractivity contribution in [2.45, 2.75) is 12.8 Å². The van der Waals surface area contributed by atoms with E-state index in [1.807, 2.05) is 25.3 Å². The van der Waals surface area contributed by atoms with Crippen LogP contribution >= 0.6 is 11.6 Å². The molecule has 0 aliphatic heterocycles. The van der Waals surface area contributed by atoms with Gasteiger partial charge < -0.3 is 9.84 Å². The lowest BCUT2D eigenvalue weighted by atomic mass is 9.99. The molecule has 0 unspecified atom stereocenters. The average Bonchev–Trinajstić information content (AvgIpc) is 2.56. The molecule has 2 aromatic rings. The zero-order valence-corrected chi connectivity index (χ0v) is 13.4. The Kier molecular flexibility index (Phi) is 6.59. The van der Waals surface area contributed by atoms with Crippen LogP contribution in [0.25, 0.3) is 17.2 Å². The van der Waals surface area contributed by atoms with E-state index in [9.17, 15) is 0 Å². The van der Waals surface area contributed by atoms with Crippen LogP contribution in [0.2, 0.25) is 0 Å². The van der Waals surface area contributed by atoms with Crippen LogP contribution < -0.4 is 0 Å². The fourth-order valence-electron chi connectivity index (χ4n) is 2.18. The quantitative estimate of drug-likeness (QED) is 0.622. The number of benzene rings is 1. The summed E-state index contributed by atoms with van der Waals surface area (Å²) in [6.07, 6.45) is 5.68. The van der Waals surface area contributed by atoms with Crippen LogP contribution in [0.15, 0.2) is 48.3 Å². The Balaban J connectivity index is 2.21. The molecule has 0 atom stereocenters. The van der Waals surface area contributed by atoms with Crippen molar-refractivity contribution in [1.29, 1.82) is 0 Å². The zero-order chi connectivity index (χ0) is 15.8. The van der Waals surface area contributed by atoms with Gasteiger partial charge >= 0.3 is 0 Å². The molecule has 0 amide bonds. The fourth-order valence-corrected chi connectivity index (χ4v) is 2.41. The van der Waals surface area contributed by atoms with E-state index in [0.29, 0.717) is 19.1 Å². The van der Waals surface area contributed by atoms with Gasteiger partial charge in [0, 0.05) is 18.3 Å². The number of aliphatic hydroxyl groups excluding tert-OH is 1. The number of halogens is 1. The fraction of sp³-hybridized carbons (Fsp3) is 0.278. The summed E-state index contributed by atoms with van der Waals surface area (Å²) in [4.78, 5) is 4.15. The SMILES string of the molecule is C/C(=C\c1ccc(-c2cccnc2)cc1CCl)COCCO. The Morgan fingerprint density at radius 1 is 1.32 bits per heavy atom. The minimum absolute atomic E-state index is 0.0417. The van der Waals surface area contributed by atoms with Gasteiger partial charge in [-0.25, -0.2) is 0 Å². The third kappa shape index (κ3) is 4.67. The van der Waals surface area contributed by atoms with E-state index in [4.69, 9.17) is 21.4 Å². The Bertz CT molecular complexity index is 626. The molecular weight excluding hydrogens is 298 g/mol. The van der Waals surface area contributed by atoms with Crippen molar-refractivity contribution in [3.8, 4) is 11.1 Å². The summed E-state index contributed by atoms with van der Waals surface area (Å²) in [6, 6.07) is 10.2. The van der Waals surface area contributed by atoms with E-state index in [0.717, 1.165) is 27.8 Å². The van der Waals surface area contributed by atoms with E-state index in [-0.39, 0.29) is 6.61 Å². The summed E-state index contributed by atoms with van der Waals surface area (Å²) in [7, 11) is 0. The molecule has 0 aliphatic carbocycles. The van der Waals surface area contributed by atoms with Crippen molar-refractivity contribution in [3.05, 3.63) is 59.4 Å². The number of hydrogen-bond acceptors (Lipinski definition) is 3. The molecule has 0 saturated carbocycles. The molecule has 0 spiro atoms. The highest BCUT2D eigenvalue weighted by atomic mass is 35.5. The highest BCUT2D eigenvalue weighted by molar-refractivity contribution is 6.17. The van der Waals surface area contributed by atoms with Crippen molar-refractivity contribution >= 4 is 17.7 Å². The molecule has 1 aromatic carbocycles. The first-order chi connectivity index (χ1) is 10.7.